The van der Waals surface area contributed by atoms with Gasteiger partial charge in [0, 0.05) is 30.2 Å². The van der Waals surface area contributed by atoms with Gasteiger partial charge in [-0.15, -0.1) is 0 Å². The van der Waals surface area contributed by atoms with Crippen LogP contribution in [-0.2, 0) is 0 Å². The van der Waals surface area contributed by atoms with E-state index in [-0.39, 0.29) is 5.78 Å². The van der Waals surface area contributed by atoms with Crippen LogP contribution in [0.4, 0.5) is 5.69 Å². The topological polar surface area (TPSA) is 33.0 Å². The number of aromatic nitrogens is 1. The highest BCUT2D eigenvalue weighted by atomic mass is 16.1. The van der Waals surface area contributed by atoms with E-state index in [0.717, 1.165) is 12.1 Å². The van der Waals surface area contributed by atoms with Gasteiger partial charge in [0.1, 0.15) is 0 Å². The fourth-order valence-corrected chi connectivity index (χ4v) is 2.18. The highest BCUT2D eigenvalue weighted by Gasteiger charge is 2.35. The summed E-state index contributed by atoms with van der Waals surface area (Å²) in [5, 5.41) is 0. The highest BCUT2D eigenvalue weighted by Crippen LogP contribution is 2.39. The normalized spacial score (nSPS) is 17.6. The van der Waals surface area contributed by atoms with Crippen molar-refractivity contribution in [1.82, 2.24) is 4.98 Å². The molecule has 1 aliphatic rings. The Bertz CT molecular complexity index is 563. The van der Waals surface area contributed by atoms with Crippen LogP contribution >= 0.6 is 0 Å². The van der Waals surface area contributed by atoms with Gasteiger partial charge >= 0.3 is 0 Å². The second-order valence-electron chi connectivity index (χ2n) is 4.55. The average Bonchev–Trinajstić information content (AvgIpc) is 3.20. The van der Waals surface area contributed by atoms with Gasteiger partial charge in [0.25, 0.3) is 0 Å². The minimum atomic E-state index is 0.109. The van der Waals surface area contributed by atoms with Crippen molar-refractivity contribution in [3.8, 4) is 0 Å². The molecule has 0 spiro atoms. The molecule has 1 atom stereocenters. The molecule has 0 radical (unpaired) electrons. The van der Waals surface area contributed by atoms with Crippen LogP contribution < -0.4 is 4.90 Å². The molecule has 1 saturated heterocycles. The third-order valence-corrected chi connectivity index (χ3v) is 3.31. The van der Waals surface area contributed by atoms with Gasteiger partial charge in [-0.25, -0.2) is 0 Å². The Hall–Kier alpha value is -2.16. The highest BCUT2D eigenvalue weighted by molar-refractivity contribution is 5.94. The van der Waals surface area contributed by atoms with Gasteiger partial charge in [-0.2, -0.15) is 0 Å². The molecule has 90 valence electrons. The van der Waals surface area contributed by atoms with Gasteiger partial charge in [0.2, 0.25) is 0 Å². The lowest BCUT2D eigenvalue weighted by Crippen LogP contribution is -1.96. The Labute approximate surface area is 106 Å². The molecule has 0 amide bonds. The number of nitrogens with zero attached hydrogens (tertiary/aromatic N) is 2. The van der Waals surface area contributed by atoms with Crippen molar-refractivity contribution in [1.29, 1.82) is 0 Å². The summed E-state index contributed by atoms with van der Waals surface area (Å²) in [6.07, 6.45) is 3.65. The van der Waals surface area contributed by atoms with E-state index in [1.165, 1.54) is 11.3 Å². The summed E-state index contributed by atoms with van der Waals surface area (Å²) in [6.45, 7) is 2.62. The number of anilines is 1. The van der Waals surface area contributed by atoms with Crippen LogP contribution in [0.25, 0.3) is 0 Å². The Balaban J connectivity index is 1.77. The second kappa shape index (κ2) is 4.26. The fraction of sp³-hybridized carbons (Fsp3) is 0.200. The molecule has 2 aromatic rings. The molecule has 1 aromatic carbocycles. The summed E-state index contributed by atoms with van der Waals surface area (Å²) in [6, 6.07) is 12.4. The van der Waals surface area contributed by atoms with Gasteiger partial charge in [-0.05, 0) is 48.9 Å². The molecule has 3 nitrogen and oxygen atoms in total. The van der Waals surface area contributed by atoms with Crippen molar-refractivity contribution in [2.75, 3.05) is 11.4 Å². The lowest BCUT2D eigenvalue weighted by atomic mass is 10.1. The molecule has 18 heavy (non-hydrogen) atoms. The number of carbonyl (C=O) groups is 1. The van der Waals surface area contributed by atoms with E-state index in [1.54, 1.807) is 6.92 Å². The van der Waals surface area contributed by atoms with E-state index < -0.39 is 0 Å². The second-order valence-corrected chi connectivity index (χ2v) is 4.55. The third kappa shape index (κ3) is 1.99. The Morgan fingerprint density at radius 3 is 2.44 bits per heavy atom. The molecule has 0 aliphatic carbocycles. The molecule has 0 saturated carbocycles. The molecule has 2 heterocycles. The molecule has 0 unspecified atom stereocenters. The van der Waals surface area contributed by atoms with Crippen LogP contribution in [0, 0.1) is 0 Å². The number of hydrogen-bond acceptors (Lipinski definition) is 3. The monoisotopic (exact) mass is 238 g/mol. The van der Waals surface area contributed by atoms with Gasteiger partial charge < -0.3 is 4.90 Å². The Kier molecular flexibility index (Phi) is 2.59. The lowest BCUT2D eigenvalue weighted by Gasteiger charge is -2.06. The largest absolute Gasteiger partial charge is 0.360 e. The zero-order valence-electron chi connectivity index (χ0n) is 10.2. The minimum Gasteiger partial charge on any atom is -0.360 e. The summed E-state index contributed by atoms with van der Waals surface area (Å²) in [5.74, 6) is 0.109. The molecular formula is C15H14N2O. The molecule has 1 aliphatic heterocycles. The van der Waals surface area contributed by atoms with Gasteiger partial charge in [-0.1, -0.05) is 0 Å². The predicted octanol–water partition coefficient (Wildman–Crippen LogP) is 2.85. The quantitative estimate of drug-likeness (QED) is 0.609. The van der Waals surface area contributed by atoms with Crippen molar-refractivity contribution in [2.45, 2.75) is 13.0 Å². The van der Waals surface area contributed by atoms with E-state index in [0.29, 0.717) is 6.04 Å². The van der Waals surface area contributed by atoms with Crippen molar-refractivity contribution in [3.05, 3.63) is 59.9 Å². The standard InChI is InChI=1S/C15H14N2O/c1-11(18)12-2-4-14(5-3-12)17-10-15(17)13-6-8-16-9-7-13/h2-9,15H,10H2,1H3/t15-,17?/m1/s1. The zero-order valence-corrected chi connectivity index (χ0v) is 10.2. The number of Topliss-reactive ketones (excluding diaryl/α,β-unsaturated/α-hetero) is 1. The maximum Gasteiger partial charge on any atom is 0.159 e. The summed E-state index contributed by atoms with van der Waals surface area (Å²) in [5.41, 5.74) is 3.23. The van der Waals surface area contributed by atoms with E-state index in [1.807, 2.05) is 36.7 Å². The van der Waals surface area contributed by atoms with Gasteiger partial charge in [0.15, 0.2) is 5.78 Å². The Morgan fingerprint density at radius 2 is 1.83 bits per heavy atom. The first-order chi connectivity index (χ1) is 8.75. The number of pyridine rings is 1. The first-order valence-corrected chi connectivity index (χ1v) is 6.03. The molecule has 1 aromatic heterocycles. The fourth-order valence-electron chi connectivity index (χ4n) is 2.18. The maximum atomic E-state index is 11.2. The molecule has 0 bridgehead atoms. The smallest absolute Gasteiger partial charge is 0.159 e. The third-order valence-electron chi connectivity index (χ3n) is 3.31. The van der Waals surface area contributed by atoms with E-state index in [2.05, 4.69) is 22.0 Å². The summed E-state index contributed by atoms with van der Waals surface area (Å²) >= 11 is 0. The van der Waals surface area contributed by atoms with Gasteiger partial charge in [0.05, 0.1) is 6.04 Å². The van der Waals surface area contributed by atoms with Crippen LogP contribution in [-0.4, -0.2) is 17.3 Å². The van der Waals surface area contributed by atoms with Crippen molar-refractivity contribution in [3.63, 3.8) is 0 Å². The van der Waals surface area contributed by atoms with Crippen LogP contribution in [0.2, 0.25) is 0 Å². The lowest BCUT2D eigenvalue weighted by molar-refractivity contribution is 0.101. The first-order valence-electron chi connectivity index (χ1n) is 6.03. The summed E-state index contributed by atoms with van der Waals surface area (Å²) in [7, 11) is 0. The van der Waals surface area contributed by atoms with E-state index in [4.69, 9.17) is 0 Å². The van der Waals surface area contributed by atoms with Crippen LogP contribution in [0.3, 0.4) is 0 Å². The first kappa shape index (κ1) is 11.0. The molecule has 0 N–H and O–H groups in total. The predicted molar refractivity (Wildman–Crippen MR) is 70.8 cm³/mol. The van der Waals surface area contributed by atoms with Crippen molar-refractivity contribution in [2.24, 2.45) is 0 Å². The molecular weight excluding hydrogens is 224 g/mol. The van der Waals surface area contributed by atoms with E-state index in [9.17, 15) is 4.79 Å². The maximum absolute atomic E-state index is 11.2. The van der Waals surface area contributed by atoms with E-state index >= 15 is 0 Å². The minimum absolute atomic E-state index is 0.109. The van der Waals surface area contributed by atoms with Crippen molar-refractivity contribution >= 4 is 11.5 Å². The number of carbonyl (C=O) groups excluding carboxylic acids is 1. The summed E-state index contributed by atoms with van der Waals surface area (Å²) < 4.78 is 0. The molecule has 1 fully saturated rings. The van der Waals surface area contributed by atoms with Gasteiger partial charge in [-0.3, -0.25) is 9.78 Å². The average molecular weight is 238 g/mol. The molecule has 3 rings (SSSR count). The number of hydrogen-bond donors (Lipinski definition) is 0. The summed E-state index contributed by atoms with van der Waals surface area (Å²) in [4.78, 5) is 17.5. The number of benzene rings is 1. The van der Waals surface area contributed by atoms with Crippen LogP contribution in [0.1, 0.15) is 28.9 Å². The van der Waals surface area contributed by atoms with Crippen LogP contribution in [0.15, 0.2) is 48.8 Å². The number of ketones is 1. The number of rotatable bonds is 3. The SMILES string of the molecule is CC(=O)c1ccc(N2C[C@@H]2c2ccncc2)cc1. The van der Waals surface area contributed by atoms with Crippen molar-refractivity contribution < 1.29 is 4.79 Å². The zero-order chi connectivity index (χ0) is 12.5. The molecule has 3 heteroatoms. The Morgan fingerprint density at radius 1 is 1.17 bits per heavy atom. The van der Waals surface area contributed by atoms with Crippen LogP contribution in [0.5, 0.6) is 0 Å².